The number of carbonyl (C=O) groups excluding carboxylic acids is 1. The highest BCUT2D eigenvalue weighted by molar-refractivity contribution is 6.30. The maximum absolute atomic E-state index is 13.0. The number of aryl methyl sites for hydroxylation is 1. The number of benzene rings is 1. The van der Waals surface area contributed by atoms with Gasteiger partial charge in [-0.1, -0.05) is 24.6 Å². The quantitative estimate of drug-likeness (QED) is 0.496. The first-order valence-corrected chi connectivity index (χ1v) is 10.1. The predicted molar refractivity (Wildman–Crippen MR) is 112 cm³/mol. The molecule has 1 aliphatic rings. The van der Waals surface area contributed by atoms with Crippen molar-refractivity contribution < 1.29 is 9.72 Å². The summed E-state index contributed by atoms with van der Waals surface area (Å²) in [5, 5.41) is 19.1. The second kappa shape index (κ2) is 8.23. The van der Waals surface area contributed by atoms with Gasteiger partial charge in [0.1, 0.15) is 6.20 Å². The van der Waals surface area contributed by atoms with Crippen molar-refractivity contribution in [3.8, 4) is 5.69 Å². The number of pyridine rings is 1. The van der Waals surface area contributed by atoms with Crippen LogP contribution in [-0.2, 0) is 19.3 Å². The Bertz CT molecular complexity index is 1130. The lowest BCUT2D eigenvalue weighted by Gasteiger charge is -2.24. The van der Waals surface area contributed by atoms with Gasteiger partial charge in [0.05, 0.1) is 28.1 Å². The number of nitrogens with one attached hydrogen (secondary N) is 1. The SMILES string of the molecule is CCc1c(C(=O)N[C@H]2CCc3ncc([N+](=O)[O-])cc3C2)cnn1-c1cccc(Cl)c1. The Morgan fingerprint density at radius 1 is 1.37 bits per heavy atom. The molecule has 0 fully saturated rings. The highest BCUT2D eigenvalue weighted by Gasteiger charge is 2.25. The van der Waals surface area contributed by atoms with E-state index in [0.717, 1.165) is 29.1 Å². The van der Waals surface area contributed by atoms with E-state index in [4.69, 9.17) is 11.6 Å². The molecule has 9 heteroatoms. The lowest BCUT2D eigenvalue weighted by Crippen LogP contribution is -2.39. The minimum Gasteiger partial charge on any atom is -0.349 e. The van der Waals surface area contributed by atoms with Crippen LogP contribution >= 0.6 is 11.6 Å². The van der Waals surface area contributed by atoms with Crippen molar-refractivity contribution in [3.05, 3.63) is 80.4 Å². The van der Waals surface area contributed by atoms with E-state index in [9.17, 15) is 14.9 Å². The van der Waals surface area contributed by atoms with Gasteiger partial charge in [0.15, 0.2) is 0 Å². The number of aromatic nitrogens is 3. The van der Waals surface area contributed by atoms with Crippen LogP contribution in [0, 0.1) is 10.1 Å². The van der Waals surface area contributed by atoms with Gasteiger partial charge in [0.2, 0.25) is 0 Å². The van der Waals surface area contributed by atoms with Gasteiger partial charge in [-0.3, -0.25) is 19.9 Å². The summed E-state index contributed by atoms with van der Waals surface area (Å²) >= 11 is 6.09. The molecule has 0 aliphatic heterocycles. The van der Waals surface area contributed by atoms with Gasteiger partial charge in [-0.25, -0.2) is 4.68 Å². The van der Waals surface area contributed by atoms with Crippen molar-refractivity contribution in [2.45, 2.75) is 38.6 Å². The first-order valence-electron chi connectivity index (χ1n) is 9.72. The van der Waals surface area contributed by atoms with Gasteiger partial charge in [-0.15, -0.1) is 0 Å². The molecular formula is C21H20ClN5O3. The topological polar surface area (TPSA) is 103 Å². The molecule has 1 aliphatic carbocycles. The largest absolute Gasteiger partial charge is 0.349 e. The van der Waals surface area contributed by atoms with Crippen molar-refractivity contribution in [1.82, 2.24) is 20.1 Å². The maximum atomic E-state index is 13.0. The van der Waals surface area contributed by atoms with Crippen LogP contribution in [0.4, 0.5) is 5.69 Å². The normalized spacial score (nSPS) is 15.5. The Kier molecular flexibility index (Phi) is 5.50. The summed E-state index contributed by atoms with van der Waals surface area (Å²) in [6.45, 7) is 1.97. The summed E-state index contributed by atoms with van der Waals surface area (Å²) < 4.78 is 1.73. The summed E-state index contributed by atoms with van der Waals surface area (Å²) in [6.07, 6.45) is 5.39. The molecule has 0 saturated heterocycles. The minimum atomic E-state index is -0.451. The van der Waals surface area contributed by atoms with Crippen molar-refractivity contribution in [2.24, 2.45) is 0 Å². The summed E-state index contributed by atoms with van der Waals surface area (Å²) in [7, 11) is 0. The van der Waals surface area contributed by atoms with Crippen LogP contribution in [0.5, 0.6) is 0 Å². The van der Waals surface area contributed by atoms with Gasteiger partial charge >= 0.3 is 0 Å². The molecule has 2 aromatic heterocycles. The van der Waals surface area contributed by atoms with E-state index in [-0.39, 0.29) is 17.6 Å². The number of nitro groups is 1. The van der Waals surface area contributed by atoms with Crippen molar-refractivity contribution in [2.75, 3.05) is 0 Å². The zero-order valence-corrected chi connectivity index (χ0v) is 17.1. The molecule has 1 atom stereocenters. The standard InChI is InChI=1S/C21H20ClN5O3/c1-2-20-18(12-24-26(20)16-5-3-4-14(22)10-16)21(28)25-15-6-7-19-13(8-15)9-17(11-23-19)27(29)30/h3-5,9-12,15H,2,6-8H2,1H3,(H,25,28)/t15-/m0/s1. The predicted octanol–water partition coefficient (Wildman–Crippen LogP) is 3.68. The molecule has 1 aromatic carbocycles. The number of hydrogen-bond acceptors (Lipinski definition) is 5. The van der Waals surface area contributed by atoms with E-state index in [1.807, 2.05) is 19.1 Å². The zero-order valence-electron chi connectivity index (χ0n) is 16.3. The molecule has 1 N–H and O–H groups in total. The number of nitrogens with zero attached hydrogens (tertiary/aromatic N) is 4. The van der Waals surface area contributed by atoms with Gasteiger partial charge < -0.3 is 5.32 Å². The first-order chi connectivity index (χ1) is 14.5. The molecule has 1 amide bonds. The lowest BCUT2D eigenvalue weighted by molar-refractivity contribution is -0.385. The minimum absolute atomic E-state index is 0.0307. The molecule has 2 heterocycles. The third-order valence-electron chi connectivity index (χ3n) is 5.29. The van der Waals surface area contributed by atoms with E-state index in [0.29, 0.717) is 29.8 Å². The molecule has 8 nitrogen and oxygen atoms in total. The molecule has 0 saturated carbocycles. The van der Waals surface area contributed by atoms with Crippen molar-refractivity contribution in [3.63, 3.8) is 0 Å². The summed E-state index contributed by atoms with van der Waals surface area (Å²) in [4.78, 5) is 27.8. The molecule has 0 unspecified atom stereocenters. The number of rotatable bonds is 5. The van der Waals surface area contributed by atoms with Crippen molar-refractivity contribution >= 4 is 23.2 Å². The number of hydrogen-bond donors (Lipinski definition) is 1. The molecule has 0 bridgehead atoms. The molecule has 4 rings (SSSR count). The summed E-state index contributed by atoms with van der Waals surface area (Å²) in [5.41, 5.74) is 3.74. The zero-order chi connectivity index (χ0) is 21.3. The number of halogens is 1. The fourth-order valence-electron chi connectivity index (χ4n) is 3.83. The van der Waals surface area contributed by atoms with Crippen LogP contribution in [0.15, 0.2) is 42.7 Å². The van der Waals surface area contributed by atoms with Gasteiger partial charge in [0, 0.05) is 22.8 Å². The maximum Gasteiger partial charge on any atom is 0.287 e. The summed E-state index contributed by atoms with van der Waals surface area (Å²) in [5.74, 6) is -0.202. The van der Waals surface area contributed by atoms with Crippen molar-refractivity contribution in [1.29, 1.82) is 0 Å². The van der Waals surface area contributed by atoms with Crippen LogP contribution in [0.3, 0.4) is 0 Å². The third-order valence-corrected chi connectivity index (χ3v) is 5.52. The van der Waals surface area contributed by atoms with Gasteiger partial charge in [0.25, 0.3) is 11.6 Å². The highest BCUT2D eigenvalue weighted by Crippen LogP contribution is 2.24. The van der Waals surface area contributed by atoms with Crippen LogP contribution in [0.1, 0.15) is 40.7 Å². The third kappa shape index (κ3) is 3.91. The fourth-order valence-corrected chi connectivity index (χ4v) is 4.01. The highest BCUT2D eigenvalue weighted by atomic mass is 35.5. The Labute approximate surface area is 178 Å². The fraction of sp³-hybridized carbons (Fsp3) is 0.286. The van der Waals surface area contributed by atoms with Gasteiger partial charge in [-0.2, -0.15) is 5.10 Å². The molecule has 30 heavy (non-hydrogen) atoms. The Balaban J connectivity index is 1.54. The average molecular weight is 426 g/mol. The van der Waals surface area contributed by atoms with Crippen LogP contribution in [0.25, 0.3) is 5.69 Å². The van der Waals surface area contributed by atoms with Gasteiger partial charge in [-0.05, 0) is 49.4 Å². The first kappa shape index (κ1) is 20.0. The number of carbonyl (C=O) groups is 1. The molecule has 0 radical (unpaired) electrons. The lowest BCUT2D eigenvalue weighted by atomic mass is 9.91. The van der Waals surface area contributed by atoms with E-state index in [1.165, 1.54) is 6.20 Å². The smallest absolute Gasteiger partial charge is 0.287 e. The van der Waals surface area contributed by atoms with E-state index < -0.39 is 4.92 Å². The number of fused-ring (bicyclic) bond motifs is 1. The monoisotopic (exact) mass is 425 g/mol. The Hall–Kier alpha value is -3.26. The van der Waals surface area contributed by atoms with Crippen LogP contribution in [-0.4, -0.2) is 31.6 Å². The summed E-state index contributed by atoms with van der Waals surface area (Å²) in [6, 6.07) is 8.74. The molecule has 154 valence electrons. The van der Waals surface area contributed by atoms with E-state index >= 15 is 0 Å². The Morgan fingerprint density at radius 3 is 2.93 bits per heavy atom. The van der Waals surface area contributed by atoms with Crippen LogP contribution < -0.4 is 5.32 Å². The van der Waals surface area contributed by atoms with E-state index in [1.54, 1.807) is 29.1 Å². The average Bonchev–Trinajstić information content (AvgIpc) is 3.17. The molecule has 3 aromatic rings. The molecular weight excluding hydrogens is 406 g/mol. The second-order valence-corrected chi connectivity index (χ2v) is 7.66. The molecule has 0 spiro atoms. The van der Waals surface area contributed by atoms with E-state index in [2.05, 4.69) is 15.4 Å². The second-order valence-electron chi connectivity index (χ2n) is 7.22. The Morgan fingerprint density at radius 2 is 2.20 bits per heavy atom. The van der Waals surface area contributed by atoms with Crippen LogP contribution in [0.2, 0.25) is 5.02 Å². The number of amides is 1.